The lowest BCUT2D eigenvalue weighted by molar-refractivity contribution is -0.123. The van der Waals surface area contributed by atoms with Crippen LogP contribution in [0.15, 0.2) is 41.5 Å². The van der Waals surface area contributed by atoms with Gasteiger partial charge in [-0.05, 0) is 61.7 Å². The van der Waals surface area contributed by atoms with E-state index < -0.39 is 11.9 Å². The molecule has 0 aromatic heterocycles. The Labute approximate surface area is 193 Å². The predicted molar refractivity (Wildman–Crippen MR) is 123 cm³/mol. The molecule has 176 valence electrons. The van der Waals surface area contributed by atoms with Gasteiger partial charge in [0.05, 0.1) is 19.4 Å². The average Bonchev–Trinajstić information content (AvgIpc) is 3.27. The molecule has 1 aliphatic rings. The molecule has 9 heteroatoms. The number of ether oxygens (including phenoxy) is 4. The molecular formula is C24H29N3O6. The summed E-state index contributed by atoms with van der Waals surface area (Å²) < 4.78 is 21.7. The number of carbonyl (C=O) groups excluding carboxylic acids is 2. The Balaban J connectivity index is 1.64. The topological polar surface area (TPSA) is 107 Å². The number of benzene rings is 2. The fraction of sp³-hybridized carbons (Fsp3) is 0.375. The van der Waals surface area contributed by atoms with Crippen LogP contribution in [0.5, 0.6) is 23.0 Å². The first-order valence-electron chi connectivity index (χ1n) is 10.9. The first-order valence-corrected chi connectivity index (χ1v) is 10.9. The van der Waals surface area contributed by atoms with Gasteiger partial charge in [-0.3, -0.25) is 9.59 Å². The monoisotopic (exact) mass is 455 g/mol. The summed E-state index contributed by atoms with van der Waals surface area (Å²) in [5.74, 6) is 1.36. The third-order valence-corrected chi connectivity index (χ3v) is 4.83. The van der Waals surface area contributed by atoms with E-state index in [1.54, 1.807) is 30.3 Å². The number of rotatable bonds is 10. The first kappa shape index (κ1) is 23.9. The minimum absolute atomic E-state index is 0.121. The Morgan fingerprint density at radius 1 is 1.03 bits per heavy atom. The van der Waals surface area contributed by atoms with E-state index in [4.69, 9.17) is 18.9 Å². The molecule has 0 bridgehead atoms. The highest BCUT2D eigenvalue weighted by Crippen LogP contribution is 2.32. The number of hydrogen-bond donors (Lipinski definition) is 2. The van der Waals surface area contributed by atoms with Gasteiger partial charge in [-0.15, -0.1) is 0 Å². The van der Waals surface area contributed by atoms with Crippen LogP contribution in [0.1, 0.15) is 43.6 Å². The second-order valence-corrected chi connectivity index (χ2v) is 7.57. The molecule has 2 aromatic carbocycles. The molecule has 3 rings (SSSR count). The molecule has 2 N–H and O–H groups in total. The van der Waals surface area contributed by atoms with Crippen molar-refractivity contribution in [3.05, 3.63) is 47.5 Å². The van der Waals surface area contributed by atoms with Crippen molar-refractivity contribution in [3.8, 4) is 23.0 Å². The van der Waals surface area contributed by atoms with Crippen molar-refractivity contribution in [1.29, 1.82) is 0 Å². The fourth-order valence-corrected chi connectivity index (χ4v) is 3.19. The largest absolute Gasteiger partial charge is 0.490 e. The van der Waals surface area contributed by atoms with Crippen LogP contribution in [0.4, 0.5) is 0 Å². The van der Waals surface area contributed by atoms with Crippen LogP contribution in [0, 0.1) is 5.92 Å². The summed E-state index contributed by atoms with van der Waals surface area (Å²) in [5.41, 5.74) is 3.60. The summed E-state index contributed by atoms with van der Waals surface area (Å²) in [6, 6.07) is 9.49. The molecule has 1 aliphatic heterocycles. The van der Waals surface area contributed by atoms with E-state index in [1.807, 2.05) is 33.8 Å². The van der Waals surface area contributed by atoms with Crippen molar-refractivity contribution in [2.24, 2.45) is 11.0 Å². The van der Waals surface area contributed by atoms with Gasteiger partial charge in [-0.25, -0.2) is 5.43 Å². The van der Waals surface area contributed by atoms with Gasteiger partial charge in [-0.2, -0.15) is 5.10 Å². The van der Waals surface area contributed by atoms with Gasteiger partial charge in [0.15, 0.2) is 23.0 Å². The number of carbonyl (C=O) groups is 2. The van der Waals surface area contributed by atoms with Gasteiger partial charge in [0.1, 0.15) is 6.04 Å². The minimum Gasteiger partial charge on any atom is -0.490 e. The summed E-state index contributed by atoms with van der Waals surface area (Å²) in [6.45, 7) is 8.62. The Bertz CT molecular complexity index is 1020. The summed E-state index contributed by atoms with van der Waals surface area (Å²) in [6.07, 6.45) is 1.51. The number of nitrogens with one attached hydrogen (secondary N) is 2. The van der Waals surface area contributed by atoms with Crippen LogP contribution in [0.25, 0.3) is 0 Å². The van der Waals surface area contributed by atoms with Gasteiger partial charge in [0, 0.05) is 5.56 Å². The Morgan fingerprint density at radius 2 is 1.76 bits per heavy atom. The van der Waals surface area contributed by atoms with Gasteiger partial charge >= 0.3 is 0 Å². The van der Waals surface area contributed by atoms with Crippen molar-refractivity contribution >= 4 is 18.0 Å². The van der Waals surface area contributed by atoms with Gasteiger partial charge in [0.2, 0.25) is 6.79 Å². The highest BCUT2D eigenvalue weighted by atomic mass is 16.7. The first-order chi connectivity index (χ1) is 15.9. The number of fused-ring (bicyclic) bond motifs is 1. The van der Waals surface area contributed by atoms with Crippen LogP contribution in [-0.2, 0) is 4.79 Å². The second-order valence-electron chi connectivity index (χ2n) is 7.57. The number of hydrogen-bond acceptors (Lipinski definition) is 7. The van der Waals surface area contributed by atoms with Crippen LogP contribution in [-0.4, -0.2) is 44.1 Å². The molecule has 2 amide bonds. The summed E-state index contributed by atoms with van der Waals surface area (Å²) in [5, 5.41) is 6.80. The van der Waals surface area contributed by atoms with Gasteiger partial charge in [-0.1, -0.05) is 13.8 Å². The van der Waals surface area contributed by atoms with E-state index in [2.05, 4.69) is 15.8 Å². The molecule has 1 unspecified atom stereocenters. The predicted octanol–water partition coefficient (Wildman–Crippen LogP) is 3.12. The van der Waals surface area contributed by atoms with Crippen LogP contribution in [0.3, 0.4) is 0 Å². The second kappa shape index (κ2) is 11.2. The Kier molecular flexibility index (Phi) is 8.12. The molecule has 9 nitrogen and oxygen atoms in total. The zero-order valence-corrected chi connectivity index (χ0v) is 19.2. The molecule has 0 radical (unpaired) electrons. The maximum absolute atomic E-state index is 12.7. The molecular weight excluding hydrogens is 426 g/mol. The molecule has 0 aliphatic carbocycles. The SMILES string of the molecule is CCOc1ccc(/C=N/NC(=O)C(NC(=O)c2ccc3c(c2)OCO3)C(C)C)cc1OCC. The fourth-order valence-electron chi connectivity index (χ4n) is 3.19. The van der Waals surface area contributed by atoms with E-state index in [1.165, 1.54) is 6.21 Å². The molecule has 0 saturated carbocycles. The van der Waals surface area contributed by atoms with E-state index in [-0.39, 0.29) is 18.6 Å². The van der Waals surface area contributed by atoms with Crippen molar-refractivity contribution in [2.45, 2.75) is 33.7 Å². The smallest absolute Gasteiger partial charge is 0.262 e. The van der Waals surface area contributed by atoms with E-state index in [9.17, 15) is 9.59 Å². The van der Waals surface area contributed by atoms with Crippen molar-refractivity contribution < 1.29 is 28.5 Å². The number of amides is 2. The zero-order valence-electron chi connectivity index (χ0n) is 19.2. The number of hydrazone groups is 1. The van der Waals surface area contributed by atoms with Crippen molar-refractivity contribution in [3.63, 3.8) is 0 Å². The standard InChI is InChI=1S/C24H29N3O6/c1-5-30-18-9-7-16(11-20(18)31-6-2)13-25-27-24(29)22(15(3)4)26-23(28)17-8-10-19-21(12-17)33-14-32-19/h7-13,15,22H,5-6,14H2,1-4H3,(H,26,28)(H,27,29)/b25-13+. The maximum atomic E-state index is 12.7. The highest BCUT2D eigenvalue weighted by Gasteiger charge is 2.25. The third-order valence-electron chi connectivity index (χ3n) is 4.83. The highest BCUT2D eigenvalue weighted by molar-refractivity contribution is 5.98. The molecule has 33 heavy (non-hydrogen) atoms. The van der Waals surface area contributed by atoms with Gasteiger partial charge < -0.3 is 24.3 Å². The lowest BCUT2D eigenvalue weighted by atomic mass is 10.0. The maximum Gasteiger partial charge on any atom is 0.262 e. The molecule has 0 fully saturated rings. The zero-order chi connectivity index (χ0) is 23.8. The Morgan fingerprint density at radius 3 is 2.48 bits per heavy atom. The lowest BCUT2D eigenvalue weighted by Gasteiger charge is -2.20. The summed E-state index contributed by atoms with van der Waals surface area (Å²) in [4.78, 5) is 25.4. The quantitative estimate of drug-likeness (QED) is 0.421. The lowest BCUT2D eigenvalue weighted by Crippen LogP contribution is -2.48. The normalized spacial score (nSPS) is 13.1. The third kappa shape index (κ3) is 6.15. The van der Waals surface area contributed by atoms with E-state index >= 15 is 0 Å². The van der Waals surface area contributed by atoms with Crippen LogP contribution < -0.4 is 29.7 Å². The molecule has 2 aromatic rings. The van der Waals surface area contributed by atoms with E-state index in [0.29, 0.717) is 41.8 Å². The summed E-state index contributed by atoms with van der Waals surface area (Å²) in [7, 11) is 0. The van der Waals surface area contributed by atoms with Crippen molar-refractivity contribution in [2.75, 3.05) is 20.0 Å². The van der Waals surface area contributed by atoms with Crippen molar-refractivity contribution in [1.82, 2.24) is 10.7 Å². The van der Waals surface area contributed by atoms with Crippen LogP contribution in [0.2, 0.25) is 0 Å². The molecule has 1 atom stereocenters. The van der Waals surface area contributed by atoms with Crippen LogP contribution >= 0.6 is 0 Å². The van der Waals surface area contributed by atoms with E-state index in [0.717, 1.165) is 5.56 Å². The molecule has 0 spiro atoms. The molecule has 0 saturated heterocycles. The number of nitrogens with zero attached hydrogens (tertiary/aromatic N) is 1. The van der Waals surface area contributed by atoms with Gasteiger partial charge in [0.25, 0.3) is 11.8 Å². The Hall–Kier alpha value is -3.75. The minimum atomic E-state index is -0.778. The molecule has 1 heterocycles. The average molecular weight is 456 g/mol. The summed E-state index contributed by atoms with van der Waals surface area (Å²) >= 11 is 0.